The Balaban J connectivity index is 1.44. The van der Waals surface area contributed by atoms with Crippen molar-refractivity contribution in [2.24, 2.45) is 0 Å². The van der Waals surface area contributed by atoms with Crippen LogP contribution in [0.4, 0.5) is 5.69 Å². The zero-order valence-electron chi connectivity index (χ0n) is 17.5. The van der Waals surface area contributed by atoms with Gasteiger partial charge in [-0.15, -0.1) is 0 Å². The second kappa shape index (κ2) is 10.1. The molecule has 158 valence electrons. The molecule has 0 aromatic heterocycles. The van der Waals surface area contributed by atoms with Gasteiger partial charge in [-0.1, -0.05) is 30.3 Å². The lowest BCUT2D eigenvalue weighted by Crippen LogP contribution is -2.31. The summed E-state index contributed by atoms with van der Waals surface area (Å²) in [6.07, 6.45) is 4.73. The number of ether oxygens (including phenoxy) is 1. The fraction of sp³-hybridized carbons (Fsp3) is 0.375. The van der Waals surface area contributed by atoms with Crippen LogP contribution in [0.2, 0.25) is 0 Å². The molecule has 1 atom stereocenters. The van der Waals surface area contributed by atoms with E-state index in [4.69, 9.17) is 4.74 Å². The summed E-state index contributed by atoms with van der Waals surface area (Å²) >= 11 is 0. The third-order valence-corrected chi connectivity index (χ3v) is 5.24. The number of hydrogen-bond donors (Lipinski definition) is 2. The van der Waals surface area contributed by atoms with Crippen LogP contribution in [0.15, 0.2) is 42.5 Å². The lowest BCUT2D eigenvalue weighted by molar-refractivity contribution is -0.148. The van der Waals surface area contributed by atoms with Gasteiger partial charge < -0.3 is 15.4 Å². The number of rotatable bonds is 7. The summed E-state index contributed by atoms with van der Waals surface area (Å²) in [5, 5.41) is 5.56. The zero-order valence-corrected chi connectivity index (χ0v) is 17.5. The van der Waals surface area contributed by atoms with Crippen molar-refractivity contribution in [3.63, 3.8) is 0 Å². The highest BCUT2D eigenvalue weighted by Gasteiger charge is 2.15. The highest BCUT2D eigenvalue weighted by molar-refractivity contribution is 5.88. The number of esters is 1. The number of nitrogens with one attached hydrogen (secondary N) is 2. The van der Waals surface area contributed by atoms with Gasteiger partial charge in [0.2, 0.25) is 5.91 Å². The van der Waals surface area contributed by atoms with Crippen molar-refractivity contribution in [3.8, 4) is 0 Å². The SMILES string of the molecule is CC(=O)Nc1ccc(CC(=O)OCC(=O)N[C@H](C)c2ccc3c(c2)CCCC3)cc1. The van der Waals surface area contributed by atoms with E-state index < -0.39 is 5.97 Å². The van der Waals surface area contributed by atoms with Crippen LogP contribution in [-0.4, -0.2) is 24.4 Å². The molecule has 2 aromatic carbocycles. The highest BCUT2D eigenvalue weighted by atomic mass is 16.5. The molecule has 2 aromatic rings. The van der Waals surface area contributed by atoms with Crippen molar-refractivity contribution in [2.45, 2.75) is 52.0 Å². The summed E-state index contributed by atoms with van der Waals surface area (Å²) in [6, 6.07) is 13.2. The number of hydrogen-bond acceptors (Lipinski definition) is 4. The van der Waals surface area contributed by atoms with Crippen LogP contribution in [0, 0.1) is 0 Å². The zero-order chi connectivity index (χ0) is 21.5. The Kier molecular flexibility index (Phi) is 7.22. The largest absolute Gasteiger partial charge is 0.455 e. The van der Waals surface area contributed by atoms with Crippen LogP contribution >= 0.6 is 0 Å². The fourth-order valence-corrected chi connectivity index (χ4v) is 3.66. The molecule has 1 aliphatic rings. The molecule has 0 aliphatic heterocycles. The molecule has 3 rings (SSSR count). The van der Waals surface area contributed by atoms with E-state index in [1.54, 1.807) is 24.3 Å². The number of anilines is 1. The molecule has 30 heavy (non-hydrogen) atoms. The van der Waals surface area contributed by atoms with Gasteiger partial charge in [0.05, 0.1) is 12.5 Å². The summed E-state index contributed by atoms with van der Waals surface area (Å²) in [7, 11) is 0. The van der Waals surface area contributed by atoms with Gasteiger partial charge in [-0.05, 0) is 67.0 Å². The third kappa shape index (κ3) is 6.17. The Morgan fingerprint density at radius 1 is 1.00 bits per heavy atom. The molecule has 0 saturated carbocycles. The molecule has 0 bridgehead atoms. The van der Waals surface area contributed by atoms with Gasteiger partial charge in [-0.2, -0.15) is 0 Å². The van der Waals surface area contributed by atoms with Crippen LogP contribution in [0.5, 0.6) is 0 Å². The molecular weight excluding hydrogens is 380 g/mol. The van der Waals surface area contributed by atoms with E-state index in [1.165, 1.54) is 30.9 Å². The topological polar surface area (TPSA) is 84.5 Å². The lowest BCUT2D eigenvalue weighted by atomic mass is 9.89. The van der Waals surface area contributed by atoms with E-state index in [0.717, 1.165) is 24.0 Å². The average Bonchev–Trinajstić information content (AvgIpc) is 2.73. The molecule has 6 heteroatoms. The summed E-state index contributed by atoms with van der Waals surface area (Å²) in [5.74, 6) is -0.953. The Bertz CT molecular complexity index is 921. The predicted molar refractivity (Wildman–Crippen MR) is 115 cm³/mol. The van der Waals surface area contributed by atoms with Crippen LogP contribution in [-0.2, 0) is 38.4 Å². The summed E-state index contributed by atoms with van der Waals surface area (Å²) < 4.78 is 5.11. The number of carbonyl (C=O) groups excluding carboxylic acids is 3. The van der Waals surface area contributed by atoms with Gasteiger partial charge >= 0.3 is 5.97 Å². The molecule has 0 heterocycles. The monoisotopic (exact) mass is 408 g/mol. The molecular formula is C24H28N2O4. The minimum Gasteiger partial charge on any atom is -0.455 e. The predicted octanol–water partition coefficient (Wildman–Crippen LogP) is 3.49. The normalized spacial score (nSPS) is 13.7. The number of amides is 2. The van der Waals surface area contributed by atoms with Gasteiger partial charge in [0, 0.05) is 12.6 Å². The first-order valence-corrected chi connectivity index (χ1v) is 10.3. The summed E-state index contributed by atoms with van der Waals surface area (Å²) in [4.78, 5) is 35.2. The Morgan fingerprint density at radius 3 is 2.40 bits per heavy atom. The second-order valence-electron chi connectivity index (χ2n) is 7.74. The van der Waals surface area contributed by atoms with E-state index in [2.05, 4.69) is 28.8 Å². The smallest absolute Gasteiger partial charge is 0.310 e. The van der Waals surface area contributed by atoms with E-state index in [0.29, 0.717) is 5.69 Å². The molecule has 6 nitrogen and oxygen atoms in total. The van der Waals surface area contributed by atoms with Crippen LogP contribution in [0.3, 0.4) is 0 Å². The first-order valence-electron chi connectivity index (χ1n) is 10.3. The number of carbonyl (C=O) groups is 3. The average molecular weight is 408 g/mol. The van der Waals surface area contributed by atoms with Gasteiger partial charge in [-0.3, -0.25) is 14.4 Å². The van der Waals surface area contributed by atoms with Crippen molar-refractivity contribution in [3.05, 3.63) is 64.7 Å². The summed E-state index contributed by atoms with van der Waals surface area (Å²) in [5.41, 5.74) is 5.25. The van der Waals surface area contributed by atoms with Crippen molar-refractivity contribution < 1.29 is 19.1 Å². The number of fused-ring (bicyclic) bond motifs is 1. The Morgan fingerprint density at radius 2 is 1.70 bits per heavy atom. The van der Waals surface area contributed by atoms with Crippen LogP contribution in [0.25, 0.3) is 0 Å². The molecule has 0 unspecified atom stereocenters. The van der Waals surface area contributed by atoms with Crippen LogP contribution in [0.1, 0.15) is 55.0 Å². The lowest BCUT2D eigenvalue weighted by Gasteiger charge is -2.20. The first-order chi connectivity index (χ1) is 14.4. The van der Waals surface area contributed by atoms with E-state index >= 15 is 0 Å². The molecule has 0 radical (unpaired) electrons. The maximum atomic E-state index is 12.2. The van der Waals surface area contributed by atoms with Gasteiger partial charge in [-0.25, -0.2) is 0 Å². The van der Waals surface area contributed by atoms with Gasteiger partial charge in [0.25, 0.3) is 5.91 Å². The maximum Gasteiger partial charge on any atom is 0.310 e. The van der Waals surface area contributed by atoms with Gasteiger partial charge in [0.1, 0.15) is 0 Å². The molecule has 0 saturated heterocycles. The maximum absolute atomic E-state index is 12.2. The second-order valence-corrected chi connectivity index (χ2v) is 7.74. The third-order valence-electron chi connectivity index (χ3n) is 5.24. The Hall–Kier alpha value is -3.15. The molecule has 1 aliphatic carbocycles. The summed E-state index contributed by atoms with van der Waals surface area (Å²) in [6.45, 7) is 3.06. The van der Waals surface area contributed by atoms with Crippen molar-refractivity contribution >= 4 is 23.5 Å². The minimum absolute atomic E-state index is 0.0635. The Labute approximate surface area is 177 Å². The van der Waals surface area contributed by atoms with Crippen molar-refractivity contribution in [1.29, 1.82) is 0 Å². The first kappa shape index (κ1) is 21.6. The van der Waals surface area contributed by atoms with Crippen molar-refractivity contribution in [1.82, 2.24) is 5.32 Å². The fourth-order valence-electron chi connectivity index (χ4n) is 3.66. The van der Waals surface area contributed by atoms with E-state index in [9.17, 15) is 14.4 Å². The molecule has 0 spiro atoms. The van der Waals surface area contributed by atoms with E-state index in [-0.39, 0.29) is 30.9 Å². The molecule has 2 N–H and O–H groups in total. The molecule has 0 fully saturated rings. The van der Waals surface area contributed by atoms with E-state index in [1.807, 2.05) is 6.92 Å². The quantitative estimate of drug-likeness (QED) is 0.687. The number of benzene rings is 2. The van der Waals surface area contributed by atoms with Crippen molar-refractivity contribution in [2.75, 3.05) is 11.9 Å². The highest BCUT2D eigenvalue weighted by Crippen LogP contribution is 2.24. The molecule has 2 amide bonds. The van der Waals surface area contributed by atoms with Gasteiger partial charge in [0.15, 0.2) is 6.61 Å². The number of aryl methyl sites for hydroxylation is 2. The minimum atomic E-state index is -0.473. The standard InChI is InChI=1S/C24H28N2O4/c1-16(20-10-9-19-5-3-4-6-21(19)14-20)25-23(28)15-30-24(29)13-18-7-11-22(12-8-18)26-17(2)27/h7-12,14,16H,3-6,13,15H2,1-2H3,(H,25,28)(H,26,27)/t16-/m1/s1. The van der Waals surface area contributed by atoms with Crippen LogP contribution < -0.4 is 10.6 Å².